The first-order valence-electron chi connectivity index (χ1n) is 7.77. The molecule has 0 amide bonds. The normalized spacial score (nSPS) is 15.4. The molecular formula is C18H20N4O. The average molecular weight is 308 g/mol. The highest BCUT2D eigenvalue weighted by Gasteiger charge is 2.24. The molecule has 1 aliphatic heterocycles. The molecule has 1 saturated heterocycles. The number of benzene rings is 1. The quantitative estimate of drug-likeness (QED) is 0.813. The van der Waals surface area contributed by atoms with Gasteiger partial charge in [0.05, 0.1) is 0 Å². The molecule has 1 aliphatic rings. The van der Waals surface area contributed by atoms with E-state index in [0.717, 1.165) is 38.3 Å². The van der Waals surface area contributed by atoms with Gasteiger partial charge in [0.2, 0.25) is 17.5 Å². The lowest BCUT2D eigenvalue weighted by atomic mass is 10.1. The Morgan fingerprint density at radius 3 is 2.57 bits per heavy atom. The lowest BCUT2D eigenvalue weighted by Crippen LogP contribution is -2.46. The lowest BCUT2D eigenvalue weighted by molar-refractivity contribution is 0.279. The van der Waals surface area contributed by atoms with Crippen molar-refractivity contribution < 1.29 is 4.42 Å². The second-order valence-corrected chi connectivity index (χ2v) is 5.73. The van der Waals surface area contributed by atoms with Gasteiger partial charge in [-0.3, -0.25) is 4.90 Å². The van der Waals surface area contributed by atoms with Crippen molar-refractivity contribution >= 4 is 5.88 Å². The maximum absolute atomic E-state index is 9.37. The SMILES string of the molecule is C=CCN1CCN(c2oc(-c3ccc(C)cc3)nc2C#N)CC1. The van der Waals surface area contributed by atoms with E-state index in [2.05, 4.69) is 27.4 Å². The van der Waals surface area contributed by atoms with Gasteiger partial charge in [-0.1, -0.05) is 23.8 Å². The largest absolute Gasteiger partial charge is 0.419 e. The minimum Gasteiger partial charge on any atom is -0.419 e. The molecule has 23 heavy (non-hydrogen) atoms. The third-order valence-electron chi connectivity index (χ3n) is 4.06. The van der Waals surface area contributed by atoms with Gasteiger partial charge in [-0.15, -0.1) is 6.58 Å². The number of piperazine rings is 1. The van der Waals surface area contributed by atoms with Gasteiger partial charge in [-0.25, -0.2) is 0 Å². The molecule has 2 heterocycles. The van der Waals surface area contributed by atoms with Gasteiger partial charge >= 0.3 is 0 Å². The topological polar surface area (TPSA) is 56.3 Å². The summed E-state index contributed by atoms with van der Waals surface area (Å²) in [6.45, 7) is 10.2. The number of oxazole rings is 1. The van der Waals surface area contributed by atoms with E-state index in [1.165, 1.54) is 5.56 Å². The van der Waals surface area contributed by atoms with Crippen LogP contribution in [0.15, 0.2) is 41.3 Å². The number of rotatable bonds is 4. The summed E-state index contributed by atoms with van der Waals surface area (Å²) in [5.41, 5.74) is 2.43. The van der Waals surface area contributed by atoms with Crippen LogP contribution in [0, 0.1) is 18.3 Å². The third-order valence-corrected chi connectivity index (χ3v) is 4.06. The molecule has 0 aliphatic carbocycles. The lowest BCUT2D eigenvalue weighted by Gasteiger charge is -2.33. The summed E-state index contributed by atoms with van der Waals surface area (Å²) < 4.78 is 5.92. The molecule has 0 atom stereocenters. The fourth-order valence-corrected chi connectivity index (χ4v) is 2.73. The molecule has 0 saturated carbocycles. The molecule has 118 valence electrons. The molecule has 5 nitrogen and oxygen atoms in total. The number of anilines is 1. The van der Waals surface area contributed by atoms with E-state index >= 15 is 0 Å². The van der Waals surface area contributed by atoms with Crippen LogP contribution >= 0.6 is 0 Å². The van der Waals surface area contributed by atoms with Gasteiger partial charge in [-0.05, 0) is 19.1 Å². The Balaban J connectivity index is 1.82. The zero-order valence-electron chi connectivity index (χ0n) is 13.3. The summed E-state index contributed by atoms with van der Waals surface area (Å²) in [5.74, 6) is 1.09. The van der Waals surface area contributed by atoms with Crippen molar-refractivity contribution in [2.75, 3.05) is 37.6 Å². The first kappa shape index (κ1) is 15.3. The summed E-state index contributed by atoms with van der Waals surface area (Å²) in [4.78, 5) is 8.79. The van der Waals surface area contributed by atoms with Crippen molar-refractivity contribution in [3.05, 3.63) is 48.2 Å². The number of nitriles is 1. The highest BCUT2D eigenvalue weighted by atomic mass is 16.4. The zero-order valence-corrected chi connectivity index (χ0v) is 13.3. The number of aromatic nitrogens is 1. The van der Waals surface area contributed by atoms with Crippen LogP contribution in [0.5, 0.6) is 0 Å². The molecule has 1 aromatic carbocycles. The molecule has 0 radical (unpaired) electrons. The smallest absolute Gasteiger partial charge is 0.235 e. The van der Waals surface area contributed by atoms with Crippen LogP contribution in [-0.2, 0) is 0 Å². The molecule has 0 unspecified atom stereocenters. The van der Waals surface area contributed by atoms with Crippen LogP contribution in [0.2, 0.25) is 0 Å². The average Bonchev–Trinajstić information content (AvgIpc) is 3.01. The minimum atomic E-state index is 0.359. The van der Waals surface area contributed by atoms with Crippen LogP contribution < -0.4 is 4.90 Å². The summed E-state index contributed by atoms with van der Waals surface area (Å²) in [7, 11) is 0. The predicted molar refractivity (Wildman–Crippen MR) is 90.2 cm³/mol. The molecular weight excluding hydrogens is 288 g/mol. The second-order valence-electron chi connectivity index (χ2n) is 5.73. The van der Waals surface area contributed by atoms with E-state index in [4.69, 9.17) is 4.42 Å². The molecule has 3 rings (SSSR count). The number of nitrogens with zero attached hydrogens (tertiary/aromatic N) is 4. The number of hydrogen-bond donors (Lipinski definition) is 0. The van der Waals surface area contributed by atoms with Gasteiger partial charge in [0.25, 0.3) is 0 Å². The highest BCUT2D eigenvalue weighted by molar-refractivity contribution is 5.60. The van der Waals surface area contributed by atoms with Crippen molar-refractivity contribution in [2.45, 2.75) is 6.92 Å². The van der Waals surface area contributed by atoms with Gasteiger partial charge < -0.3 is 9.32 Å². The van der Waals surface area contributed by atoms with Gasteiger partial charge in [-0.2, -0.15) is 10.2 Å². The highest BCUT2D eigenvalue weighted by Crippen LogP contribution is 2.28. The Hall–Kier alpha value is -2.58. The molecule has 0 N–H and O–H groups in total. The predicted octanol–water partition coefficient (Wildman–Crippen LogP) is 2.83. The molecule has 5 heteroatoms. The van der Waals surface area contributed by atoms with Crippen LogP contribution in [-0.4, -0.2) is 42.6 Å². The maximum atomic E-state index is 9.37. The van der Waals surface area contributed by atoms with Crippen LogP contribution in [0.3, 0.4) is 0 Å². The Morgan fingerprint density at radius 1 is 1.26 bits per heavy atom. The molecule has 0 spiro atoms. The van der Waals surface area contributed by atoms with E-state index in [-0.39, 0.29) is 0 Å². The van der Waals surface area contributed by atoms with Crippen LogP contribution in [0.1, 0.15) is 11.3 Å². The Kier molecular flexibility index (Phi) is 4.45. The summed E-state index contributed by atoms with van der Waals surface area (Å²) in [6, 6.07) is 10.1. The molecule has 2 aromatic rings. The van der Waals surface area contributed by atoms with E-state index in [1.54, 1.807) is 0 Å². The third kappa shape index (κ3) is 3.27. The van der Waals surface area contributed by atoms with E-state index < -0.39 is 0 Å². The van der Waals surface area contributed by atoms with Crippen molar-refractivity contribution in [1.29, 1.82) is 5.26 Å². The fourth-order valence-electron chi connectivity index (χ4n) is 2.73. The molecule has 1 aromatic heterocycles. The van der Waals surface area contributed by atoms with E-state index in [9.17, 15) is 5.26 Å². The fraction of sp³-hybridized carbons (Fsp3) is 0.333. The van der Waals surface area contributed by atoms with E-state index in [0.29, 0.717) is 17.5 Å². The van der Waals surface area contributed by atoms with Crippen LogP contribution in [0.25, 0.3) is 11.5 Å². The van der Waals surface area contributed by atoms with Crippen molar-refractivity contribution in [3.63, 3.8) is 0 Å². The zero-order chi connectivity index (χ0) is 16.2. The number of aryl methyl sites for hydroxylation is 1. The minimum absolute atomic E-state index is 0.359. The van der Waals surface area contributed by atoms with Crippen molar-refractivity contribution in [3.8, 4) is 17.5 Å². The second kappa shape index (κ2) is 6.67. The standard InChI is InChI=1S/C18H20N4O/c1-3-8-21-9-11-22(12-10-21)18-16(13-19)20-17(23-18)15-6-4-14(2)5-7-15/h3-7H,1,8-12H2,2H3. The monoisotopic (exact) mass is 308 g/mol. The van der Waals surface area contributed by atoms with Gasteiger partial charge in [0, 0.05) is 38.3 Å². The number of hydrogen-bond acceptors (Lipinski definition) is 5. The maximum Gasteiger partial charge on any atom is 0.235 e. The Morgan fingerprint density at radius 2 is 1.96 bits per heavy atom. The van der Waals surface area contributed by atoms with Crippen LogP contribution in [0.4, 0.5) is 5.88 Å². The molecule has 0 bridgehead atoms. The Bertz CT molecular complexity index is 718. The van der Waals surface area contributed by atoms with E-state index in [1.807, 2.05) is 37.3 Å². The summed E-state index contributed by atoms with van der Waals surface area (Å²) in [5, 5.41) is 9.37. The van der Waals surface area contributed by atoms with Crippen molar-refractivity contribution in [1.82, 2.24) is 9.88 Å². The Labute approximate surface area is 136 Å². The summed E-state index contributed by atoms with van der Waals surface area (Å²) >= 11 is 0. The van der Waals surface area contributed by atoms with Gasteiger partial charge in [0.15, 0.2) is 0 Å². The van der Waals surface area contributed by atoms with Crippen molar-refractivity contribution in [2.24, 2.45) is 0 Å². The molecule has 1 fully saturated rings. The first-order valence-corrected chi connectivity index (χ1v) is 7.77. The van der Waals surface area contributed by atoms with Gasteiger partial charge in [0.1, 0.15) is 6.07 Å². The summed E-state index contributed by atoms with van der Waals surface area (Å²) in [6.07, 6.45) is 1.92. The first-order chi connectivity index (χ1) is 11.2.